The molecule has 2 aromatic carbocycles. The van der Waals surface area contributed by atoms with Gasteiger partial charge in [0.05, 0.1) is 33.2 Å². The first-order chi connectivity index (χ1) is 14.5. The quantitative estimate of drug-likeness (QED) is 0.125. The number of nitriles is 1. The van der Waals surface area contributed by atoms with E-state index in [4.69, 9.17) is 5.53 Å². The Hall–Kier alpha value is -4.48. The van der Waals surface area contributed by atoms with Gasteiger partial charge in [-0.3, -0.25) is 19.7 Å². The van der Waals surface area contributed by atoms with Crippen LogP contribution in [0.2, 0.25) is 0 Å². The average molecular weight is 400 g/mol. The second kappa shape index (κ2) is 7.16. The van der Waals surface area contributed by atoms with Crippen LogP contribution in [-0.2, 0) is 6.54 Å². The maximum absolute atomic E-state index is 13.2. The van der Waals surface area contributed by atoms with Crippen LogP contribution < -0.4 is 5.56 Å². The topological polar surface area (TPSA) is 155 Å². The molecule has 10 nitrogen and oxygen atoms in total. The van der Waals surface area contributed by atoms with Crippen LogP contribution in [0.15, 0.2) is 46.3 Å². The summed E-state index contributed by atoms with van der Waals surface area (Å²) in [5.74, 6) is -0.347. The molecule has 0 aliphatic heterocycles. The lowest BCUT2D eigenvalue weighted by Crippen LogP contribution is -2.24. The Labute approximate surface area is 168 Å². The molecule has 1 heterocycles. The van der Waals surface area contributed by atoms with Crippen molar-refractivity contribution >= 4 is 22.2 Å². The third-order valence-corrected chi connectivity index (χ3v) is 5.04. The van der Waals surface area contributed by atoms with Gasteiger partial charge in [0.15, 0.2) is 5.78 Å². The van der Waals surface area contributed by atoms with E-state index >= 15 is 0 Å². The Balaban J connectivity index is 2.05. The zero-order chi connectivity index (χ0) is 21.4. The van der Waals surface area contributed by atoms with Crippen molar-refractivity contribution < 1.29 is 9.72 Å². The Morgan fingerprint density at radius 2 is 1.97 bits per heavy atom. The minimum atomic E-state index is -0.603. The minimum Gasteiger partial charge on any atom is -0.307 e. The van der Waals surface area contributed by atoms with E-state index in [0.717, 1.165) is 0 Å². The van der Waals surface area contributed by atoms with Gasteiger partial charge in [0.1, 0.15) is 0 Å². The normalized spacial score (nSPS) is 11.5. The molecule has 0 N–H and O–H groups in total. The van der Waals surface area contributed by atoms with Crippen molar-refractivity contribution in [2.45, 2.75) is 13.0 Å². The zero-order valence-corrected chi connectivity index (χ0v) is 15.4. The van der Waals surface area contributed by atoms with Gasteiger partial charge in [-0.2, -0.15) is 5.26 Å². The van der Waals surface area contributed by atoms with E-state index in [1.807, 2.05) is 6.07 Å². The Morgan fingerprint density at radius 1 is 1.17 bits per heavy atom. The van der Waals surface area contributed by atoms with Gasteiger partial charge in [0.2, 0.25) is 0 Å². The Morgan fingerprint density at radius 3 is 2.67 bits per heavy atom. The largest absolute Gasteiger partial charge is 0.307 e. The molecule has 0 radical (unpaired) electrons. The van der Waals surface area contributed by atoms with Crippen molar-refractivity contribution in [2.75, 3.05) is 6.54 Å². The smallest absolute Gasteiger partial charge is 0.270 e. The summed E-state index contributed by atoms with van der Waals surface area (Å²) in [6.45, 7) is 0.310. The molecular weight excluding hydrogens is 388 g/mol. The van der Waals surface area contributed by atoms with Crippen LogP contribution in [0.5, 0.6) is 0 Å². The van der Waals surface area contributed by atoms with Crippen LogP contribution in [0.4, 0.5) is 5.69 Å². The van der Waals surface area contributed by atoms with Crippen molar-refractivity contribution in [2.24, 2.45) is 5.11 Å². The molecule has 4 rings (SSSR count). The van der Waals surface area contributed by atoms with Crippen molar-refractivity contribution in [3.05, 3.63) is 84.0 Å². The molecule has 0 saturated carbocycles. The number of fused-ring (bicyclic) bond motifs is 5. The summed E-state index contributed by atoms with van der Waals surface area (Å²) < 4.78 is 1.39. The summed E-state index contributed by atoms with van der Waals surface area (Å²) in [5, 5.41) is 24.2. The molecule has 0 atom stereocenters. The molecule has 0 unspecified atom stereocenters. The molecule has 1 aromatic heterocycles. The van der Waals surface area contributed by atoms with E-state index in [1.165, 1.54) is 28.8 Å². The van der Waals surface area contributed by atoms with E-state index in [9.17, 15) is 25.0 Å². The maximum atomic E-state index is 13.2. The molecule has 146 valence electrons. The molecule has 0 saturated heterocycles. The number of pyridine rings is 1. The van der Waals surface area contributed by atoms with Gasteiger partial charge in [-0.15, -0.1) is 0 Å². The number of carbonyl (C=O) groups excluding carboxylic acids is 1. The number of rotatable bonds is 5. The van der Waals surface area contributed by atoms with Crippen LogP contribution >= 0.6 is 0 Å². The predicted molar refractivity (Wildman–Crippen MR) is 107 cm³/mol. The maximum Gasteiger partial charge on any atom is 0.270 e. The highest BCUT2D eigenvalue weighted by Gasteiger charge is 2.33. The average Bonchev–Trinajstić information content (AvgIpc) is 3.04. The lowest BCUT2D eigenvalue weighted by Gasteiger charge is -2.14. The monoisotopic (exact) mass is 400 g/mol. The summed E-state index contributed by atoms with van der Waals surface area (Å²) in [6, 6.07) is 10.5. The third kappa shape index (κ3) is 2.78. The van der Waals surface area contributed by atoms with Gasteiger partial charge in [-0.25, -0.2) is 0 Å². The number of carbonyl (C=O) groups is 1. The number of hydrogen-bond acceptors (Lipinski definition) is 6. The fourth-order valence-electron chi connectivity index (χ4n) is 3.76. The first-order valence-corrected chi connectivity index (χ1v) is 8.93. The van der Waals surface area contributed by atoms with E-state index in [-0.39, 0.29) is 35.5 Å². The lowest BCUT2D eigenvalue weighted by atomic mass is 10.0. The highest BCUT2D eigenvalue weighted by Crippen LogP contribution is 2.40. The van der Waals surface area contributed by atoms with E-state index in [0.29, 0.717) is 34.2 Å². The number of azide groups is 1. The third-order valence-electron chi connectivity index (χ3n) is 5.04. The molecule has 1 aliphatic carbocycles. The first-order valence-electron chi connectivity index (χ1n) is 8.93. The number of ketones is 1. The first kappa shape index (κ1) is 18.9. The fraction of sp³-hybridized carbons (Fsp3) is 0.150. The summed E-state index contributed by atoms with van der Waals surface area (Å²) in [4.78, 5) is 39.7. The fourth-order valence-corrected chi connectivity index (χ4v) is 3.76. The van der Waals surface area contributed by atoms with E-state index in [1.54, 1.807) is 12.1 Å². The van der Waals surface area contributed by atoms with Crippen LogP contribution in [0.25, 0.3) is 32.5 Å². The molecule has 0 fully saturated rings. The van der Waals surface area contributed by atoms with Gasteiger partial charge in [0.25, 0.3) is 11.2 Å². The van der Waals surface area contributed by atoms with E-state index in [2.05, 4.69) is 10.0 Å². The second-order valence-corrected chi connectivity index (χ2v) is 6.68. The van der Waals surface area contributed by atoms with Crippen molar-refractivity contribution in [3.63, 3.8) is 0 Å². The SMILES string of the molecule is N#Cc1ccc2c(c1)C(=O)c1c-2n(CCCN=[N+]=[N-])c(=O)c2cc([N+](=O)[O-])ccc12. The zero-order valence-electron chi connectivity index (χ0n) is 15.4. The van der Waals surface area contributed by atoms with Crippen LogP contribution in [0.3, 0.4) is 0 Å². The van der Waals surface area contributed by atoms with Crippen LogP contribution in [0, 0.1) is 21.4 Å². The summed E-state index contributed by atoms with van der Waals surface area (Å²) >= 11 is 0. The highest BCUT2D eigenvalue weighted by molar-refractivity contribution is 6.26. The van der Waals surface area contributed by atoms with Gasteiger partial charge in [0, 0.05) is 46.6 Å². The molecule has 1 aliphatic rings. The number of aromatic nitrogens is 1. The molecule has 30 heavy (non-hydrogen) atoms. The standard InChI is InChI=1S/C20H12N6O4/c21-10-11-2-4-14-15(8-11)19(27)17-13-5-3-12(26(29)30)9-16(13)20(28)25(18(14)17)7-1-6-23-24-22/h2-5,8-9H,1,6-7H2. The van der Waals surface area contributed by atoms with Crippen LogP contribution in [0.1, 0.15) is 27.9 Å². The molecule has 3 aromatic rings. The number of non-ortho nitro benzene ring substituents is 1. The lowest BCUT2D eigenvalue weighted by molar-refractivity contribution is -0.384. The number of nitro groups is 1. The Kier molecular flexibility index (Phi) is 4.50. The number of nitro benzene ring substituents is 1. The van der Waals surface area contributed by atoms with E-state index < -0.39 is 10.5 Å². The van der Waals surface area contributed by atoms with Gasteiger partial charge in [-0.05, 0) is 30.2 Å². The summed E-state index contributed by atoms with van der Waals surface area (Å²) in [7, 11) is 0. The molecular formula is C20H12N6O4. The highest BCUT2D eigenvalue weighted by atomic mass is 16.6. The van der Waals surface area contributed by atoms with Crippen molar-refractivity contribution in [1.29, 1.82) is 5.26 Å². The number of hydrogen-bond donors (Lipinski definition) is 0. The van der Waals surface area contributed by atoms with Gasteiger partial charge in [-0.1, -0.05) is 11.2 Å². The predicted octanol–water partition coefficient (Wildman–Crippen LogP) is 3.69. The number of nitrogens with zero attached hydrogens (tertiary/aromatic N) is 6. The van der Waals surface area contributed by atoms with Crippen molar-refractivity contribution in [3.8, 4) is 17.3 Å². The Bertz CT molecular complexity index is 1410. The number of benzene rings is 2. The van der Waals surface area contributed by atoms with Gasteiger partial charge < -0.3 is 4.57 Å². The summed E-state index contributed by atoms with van der Waals surface area (Å²) in [6.07, 6.45) is 0.344. The summed E-state index contributed by atoms with van der Waals surface area (Å²) in [5.41, 5.74) is 9.56. The molecule has 0 amide bonds. The molecule has 10 heteroatoms. The molecule has 0 spiro atoms. The molecule has 0 bridgehead atoms. The van der Waals surface area contributed by atoms with Crippen molar-refractivity contribution in [1.82, 2.24) is 4.57 Å². The second-order valence-electron chi connectivity index (χ2n) is 6.68. The van der Waals surface area contributed by atoms with Gasteiger partial charge >= 0.3 is 0 Å². The minimum absolute atomic E-state index is 0.0633. The van der Waals surface area contributed by atoms with Crippen LogP contribution in [-0.4, -0.2) is 21.8 Å².